The fraction of sp³-hybridized carbons (Fsp3) is 0.200. The number of ketones is 1. The van der Waals surface area contributed by atoms with Crippen molar-refractivity contribution in [1.29, 1.82) is 5.26 Å². The highest BCUT2D eigenvalue weighted by Gasteiger charge is 2.18. The molecule has 1 atom stereocenters. The van der Waals surface area contributed by atoms with Crippen molar-refractivity contribution in [2.45, 2.75) is 20.0 Å². The number of Topliss-reactive ketones (excluding diaryl/α,β-unsaturated/α-hetero) is 1. The van der Waals surface area contributed by atoms with Crippen molar-refractivity contribution in [3.8, 4) is 11.8 Å². The average Bonchev–Trinajstić information content (AvgIpc) is 2.66. The van der Waals surface area contributed by atoms with E-state index in [0.717, 1.165) is 0 Å². The Labute approximate surface area is 156 Å². The smallest absolute Gasteiger partial charge is 0.344 e. The van der Waals surface area contributed by atoms with E-state index < -0.39 is 18.0 Å². The molecule has 27 heavy (non-hydrogen) atoms. The third-order valence-electron chi connectivity index (χ3n) is 3.55. The maximum atomic E-state index is 12.1. The monoisotopic (exact) mass is 366 g/mol. The zero-order chi connectivity index (χ0) is 19.8. The van der Waals surface area contributed by atoms with Crippen LogP contribution in [-0.4, -0.2) is 30.4 Å². The predicted molar refractivity (Wildman–Crippen MR) is 97.3 cm³/mol. The van der Waals surface area contributed by atoms with Crippen LogP contribution in [0.25, 0.3) is 0 Å². The number of hydrogen-bond donors (Lipinski definition) is 1. The summed E-state index contributed by atoms with van der Waals surface area (Å²) in [5, 5.41) is 11.3. The highest BCUT2D eigenvalue weighted by atomic mass is 16.6. The van der Waals surface area contributed by atoms with Crippen LogP contribution < -0.4 is 10.1 Å². The molecule has 0 spiro atoms. The zero-order valence-corrected chi connectivity index (χ0v) is 14.9. The first-order valence-corrected chi connectivity index (χ1v) is 8.13. The number of rotatable bonds is 7. The summed E-state index contributed by atoms with van der Waals surface area (Å²) < 4.78 is 10.3. The van der Waals surface area contributed by atoms with Gasteiger partial charge in [0.1, 0.15) is 5.75 Å². The summed E-state index contributed by atoms with van der Waals surface area (Å²) in [6.45, 7) is 2.49. The number of amides is 1. The fourth-order valence-electron chi connectivity index (χ4n) is 2.11. The van der Waals surface area contributed by atoms with Gasteiger partial charge in [0.25, 0.3) is 5.91 Å². The Hall–Kier alpha value is -3.66. The van der Waals surface area contributed by atoms with Gasteiger partial charge in [-0.15, -0.1) is 0 Å². The first-order valence-electron chi connectivity index (χ1n) is 8.13. The molecule has 138 valence electrons. The topological polar surface area (TPSA) is 105 Å². The lowest BCUT2D eigenvalue weighted by molar-refractivity contribution is -0.155. The highest BCUT2D eigenvalue weighted by molar-refractivity contribution is 5.98. The number of esters is 1. The number of benzene rings is 2. The summed E-state index contributed by atoms with van der Waals surface area (Å²) >= 11 is 0. The second kappa shape index (κ2) is 9.15. The molecule has 2 aromatic carbocycles. The molecule has 0 aromatic heterocycles. The van der Waals surface area contributed by atoms with E-state index in [1.54, 1.807) is 48.5 Å². The van der Waals surface area contributed by atoms with Gasteiger partial charge in [-0.3, -0.25) is 9.59 Å². The number of nitrogens with zero attached hydrogens (tertiary/aromatic N) is 1. The van der Waals surface area contributed by atoms with Crippen LogP contribution in [0.3, 0.4) is 0 Å². The molecular weight excluding hydrogens is 348 g/mol. The van der Waals surface area contributed by atoms with Crippen molar-refractivity contribution in [1.82, 2.24) is 0 Å². The van der Waals surface area contributed by atoms with Crippen LogP contribution in [-0.2, 0) is 14.3 Å². The van der Waals surface area contributed by atoms with Crippen LogP contribution in [0.15, 0.2) is 48.5 Å². The molecule has 1 N–H and O–H groups in total. The van der Waals surface area contributed by atoms with Gasteiger partial charge in [-0.05, 0) is 50.2 Å². The van der Waals surface area contributed by atoms with Crippen LogP contribution >= 0.6 is 0 Å². The quantitative estimate of drug-likeness (QED) is 0.597. The predicted octanol–water partition coefficient (Wildman–Crippen LogP) is 2.71. The van der Waals surface area contributed by atoms with Crippen LogP contribution in [0.5, 0.6) is 5.75 Å². The van der Waals surface area contributed by atoms with E-state index in [0.29, 0.717) is 22.6 Å². The van der Waals surface area contributed by atoms with E-state index in [-0.39, 0.29) is 12.4 Å². The lowest BCUT2D eigenvalue weighted by Crippen LogP contribution is -2.31. The van der Waals surface area contributed by atoms with Crippen LogP contribution in [0.4, 0.5) is 5.69 Å². The Morgan fingerprint density at radius 1 is 1.15 bits per heavy atom. The third kappa shape index (κ3) is 5.97. The van der Waals surface area contributed by atoms with Gasteiger partial charge in [0.2, 0.25) is 0 Å². The van der Waals surface area contributed by atoms with Crippen molar-refractivity contribution in [3.63, 3.8) is 0 Å². The van der Waals surface area contributed by atoms with E-state index >= 15 is 0 Å². The van der Waals surface area contributed by atoms with Crippen LogP contribution in [0.1, 0.15) is 29.8 Å². The summed E-state index contributed by atoms with van der Waals surface area (Å²) in [7, 11) is 0. The minimum Gasteiger partial charge on any atom is -0.482 e. The number of carbonyl (C=O) groups is 3. The molecule has 0 heterocycles. The van der Waals surface area contributed by atoms with Crippen LogP contribution in [0.2, 0.25) is 0 Å². The van der Waals surface area contributed by atoms with Gasteiger partial charge >= 0.3 is 5.97 Å². The molecular formula is C20H18N2O5. The molecule has 0 aliphatic rings. The average molecular weight is 366 g/mol. The molecule has 2 rings (SSSR count). The van der Waals surface area contributed by atoms with Gasteiger partial charge in [0.05, 0.1) is 11.6 Å². The Morgan fingerprint density at radius 3 is 2.48 bits per heavy atom. The van der Waals surface area contributed by atoms with Crippen molar-refractivity contribution in [2.24, 2.45) is 0 Å². The van der Waals surface area contributed by atoms with Gasteiger partial charge < -0.3 is 14.8 Å². The van der Waals surface area contributed by atoms with E-state index in [4.69, 9.17) is 14.7 Å². The number of anilines is 1. The summed E-state index contributed by atoms with van der Waals surface area (Å²) in [5.74, 6) is -0.948. The maximum Gasteiger partial charge on any atom is 0.344 e. The SMILES string of the molecule is CC(=O)c1cccc(NC(=O)[C@@H](C)OC(=O)COc2ccc(C#N)cc2)c1. The Balaban J connectivity index is 1.84. The third-order valence-corrected chi connectivity index (χ3v) is 3.55. The summed E-state index contributed by atoms with van der Waals surface area (Å²) in [5.41, 5.74) is 1.38. The number of ether oxygens (including phenoxy) is 2. The largest absolute Gasteiger partial charge is 0.482 e. The van der Waals surface area contributed by atoms with E-state index in [2.05, 4.69) is 5.32 Å². The Bertz CT molecular complexity index is 884. The summed E-state index contributed by atoms with van der Waals surface area (Å²) in [4.78, 5) is 35.3. The van der Waals surface area contributed by atoms with Gasteiger partial charge in [0.15, 0.2) is 18.5 Å². The molecule has 0 saturated carbocycles. The number of nitriles is 1. The second-order valence-electron chi connectivity index (χ2n) is 5.68. The first kappa shape index (κ1) is 19.7. The standard InChI is InChI=1S/C20H18N2O5/c1-13(23)16-4-3-5-17(10-16)22-20(25)14(2)27-19(24)12-26-18-8-6-15(11-21)7-9-18/h3-10,14H,12H2,1-2H3,(H,22,25)/t14-/m1/s1. The molecule has 1 amide bonds. The summed E-state index contributed by atoms with van der Waals surface area (Å²) in [6, 6.07) is 14.7. The molecule has 0 aliphatic heterocycles. The minimum absolute atomic E-state index is 0.120. The Kier molecular flexibility index (Phi) is 6.67. The fourth-order valence-corrected chi connectivity index (χ4v) is 2.11. The van der Waals surface area contributed by atoms with E-state index in [1.165, 1.54) is 13.8 Å². The number of hydrogen-bond acceptors (Lipinski definition) is 6. The molecule has 7 nitrogen and oxygen atoms in total. The van der Waals surface area contributed by atoms with Crippen molar-refractivity contribution in [3.05, 3.63) is 59.7 Å². The molecule has 7 heteroatoms. The molecule has 0 bridgehead atoms. The number of carbonyl (C=O) groups excluding carboxylic acids is 3. The number of nitrogens with one attached hydrogen (secondary N) is 1. The summed E-state index contributed by atoms with van der Waals surface area (Å²) in [6.07, 6.45) is -1.04. The van der Waals surface area contributed by atoms with Gasteiger partial charge in [-0.2, -0.15) is 5.26 Å². The molecule has 0 radical (unpaired) electrons. The second-order valence-corrected chi connectivity index (χ2v) is 5.68. The molecule has 0 unspecified atom stereocenters. The minimum atomic E-state index is -1.04. The van der Waals surface area contributed by atoms with Crippen molar-refractivity contribution in [2.75, 3.05) is 11.9 Å². The van der Waals surface area contributed by atoms with Crippen molar-refractivity contribution >= 4 is 23.3 Å². The van der Waals surface area contributed by atoms with Crippen molar-refractivity contribution < 1.29 is 23.9 Å². The van der Waals surface area contributed by atoms with Gasteiger partial charge in [-0.1, -0.05) is 12.1 Å². The Morgan fingerprint density at radius 2 is 1.85 bits per heavy atom. The maximum absolute atomic E-state index is 12.1. The highest BCUT2D eigenvalue weighted by Crippen LogP contribution is 2.13. The molecule has 0 aliphatic carbocycles. The van der Waals surface area contributed by atoms with E-state index in [9.17, 15) is 14.4 Å². The molecule has 0 saturated heterocycles. The first-order chi connectivity index (χ1) is 12.9. The van der Waals surface area contributed by atoms with Gasteiger partial charge in [0, 0.05) is 11.3 Å². The lowest BCUT2D eigenvalue weighted by Gasteiger charge is -2.14. The zero-order valence-electron chi connectivity index (χ0n) is 14.9. The van der Waals surface area contributed by atoms with Gasteiger partial charge in [-0.25, -0.2) is 4.79 Å². The lowest BCUT2D eigenvalue weighted by atomic mass is 10.1. The van der Waals surface area contributed by atoms with E-state index in [1.807, 2.05) is 6.07 Å². The van der Waals surface area contributed by atoms with Crippen LogP contribution in [0, 0.1) is 11.3 Å². The molecule has 2 aromatic rings. The normalized spacial score (nSPS) is 11.0. The molecule has 0 fully saturated rings.